The average molecular weight is 543 g/mol. The van der Waals surface area contributed by atoms with Gasteiger partial charge in [-0.3, -0.25) is 9.47 Å². The number of carboxylic acid groups (broad SMARTS) is 1. The summed E-state index contributed by atoms with van der Waals surface area (Å²) in [5.41, 5.74) is 7.34. The highest BCUT2D eigenvalue weighted by molar-refractivity contribution is 7.89. The molecule has 1 fully saturated rings. The van der Waals surface area contributed by atoms with Gasteiger partial charge in [0.15, 0.2) is 9.84 Å². The highest BCUT2D eigenvalue weighted by Crippen LogP contribution is 2.37. The zero-order valence-corrected chi connectivity index (χ0v) is 21.6. The Hall–Kier alpha value is -3.74. The monoisotopic (exact) mass is 542 g/mol. The van der Waals surface area contributed by atoms with Crippen LogP contribution in [0.25, 0.3) is 22.0 Å². The van der Waals surface area contributed by atoms with Gasteiger partial charge in [0.1, 0.15) is 17.3 Å². The van der Waals surface area contributed by atoms with Gasteiger partial charge >= 0.3 is 11.7 Å². The normalized spacial score (nSPS) is 15.6. The number of aromatic nitrogens is 2. The fourth-order valence-corrected chi connectivity index (χ4v) is 5.80. The summed E-state index contributed by atoms with van der Waals surface area (Å²) >= 11 is 0. The van der Waals surface area contributed by atoms with Gasteiger partial charge in [0.05, 0.1) is 30.1 Å². The van der Waals surface area contributed by atoms with Gasteiger partial charge < -0.3 is 20.2 Å². The number of H-pyrrole nitrogens is 1. The van der Waals surface area contributed by atoms with Crippen LogP contribution in [0.15, 0.2) is 51.8 Å². The van der Waals surface area contributed by atoms with Crippen molar-refractivity contribution in [1.82, 2.24) is 14.5 Å². The SMILES string of the molecule is C[C@@H](c1cccc2c(-c3ccc(CS(C)(=O)=O)c(F)c3)c(C(=O)O)[nH]c12)n1cc(CN2CC(N)C2)oc1=O. The molecule has 0 unspecified atom stereocenters. The Kier molecular flexibility index (Phi) is 6.49. The smallest absolute Gasteiger partial charge is 0.419 e. The number of oxazole rings is 1. The number of aromatic amines is 1. The maximum atomic E-state index is 14.8. The third kappa shape index (κ3) is 4.89. The van der Waals surface area contributed by atoms with Crippen molar-refractivity contribution in [3.63, 3.8) is 0 Å². The number of hydrogen-bond donors (Lipinski definition) is 3. The number of nitrogens with zero attached hydrogens (tertiary/aromatic N) is 2. The summed E-state index contributed by atoms with van der Waals surface area (Å²) in [5, 5.41) is 10.5. The fourth-order valence-electron chi connectivity index (χ4n) is 5.00. The number of aromatic carboxylic acids is 1. The molecule has 0 amide bonds. The van der Waals surface area contributed by atoms with E-state index < -0.39 is 39.2 Å². The molecular formula is C26H27FN4O6S. The number of fused-ring (bicyclic) bond motifs is 1. The number of carbonyl (C=O) groups is 1. The Balaban J connectivity index is 1.56. The van der Waals surface area contributed by atoms with E-state index in [1.807, 2.05) is 0 Å². The lowest BCUT2D eigenvalue weighted by Crippen LogP contribution is -2.54. The zero-order chi connectivity index (χ0) is 27.4. The van der Waals surface area contributed by atoms with E-state index >= 15 is 0 Å². The average Bonchev–Trinajstić information content (AvgIpc) is 3.38. The van der Waals surface area contributed by atoms with Gasteiger partial charge in [-0.25, -0.2) is 22.4 Å². The lowest BCUT2D eigenvalue weighted by molar-refractivity contribution is 0.0692. The first-order valence-electron chi connectivity index (χ1n) is 11.9. The fraction of sp³-hybridized carbons (Fsp3) is 0.308. The summed E-state index contributed by atoms with van der Waals surface area (Å²) in [6, 6.07) is 8.83. The quantitative estimate of drug-likeness (QED) is 0.307. The minimum Gasteiger partial charge on any atom is -0.477 e. The van der Waals surface area contributed by atoms with Crippen LogP contribution in [0.2, 0.25) is 0 Å². The summed E-state index contributed by atoms with van der Waals surface area (Å²) in [5.74, 6) is -2.49. The lowest BCUT2D eigenvalue weighted by Gasteiger charge is -2.35. The van der Waals surface area contributed by atoms with E-state index in [4.69, 9.17) is 10.2 Å². The molecule has 3 heterocycles. The van der Waals surface area contributed by atoms with Crippen LogP contribution in [-0.2, 0) is 22.1 Å². The minimum absolute atomic E-state index is 0.00220. The Morgan fingerprint density at radius 2 is 2.03 bits per heavy atom. The topological polar surface area (TPSA) is 152 Å². The van der Waals surface area contributed by atoms with E-state index in [1.165, 1.54) is 16.7 Å². The van der Waals surface area contributed by atoms with Crippen LogP contribution in [0.3, 0.4) is 0 Å². The molecular weight excluding hydrogens is 515 g/mol. The van der Waals surface area contributed by atoms with Crippen molar-refractivity contribution in [2.75, 3.05) is 19.3 Å². The lowest BCUT2D eigenvalue weighted by atomic mass is 9.98. The molecule has 38 heavy (non-hydrogen) atoms. The van der Waals surface area contributed by atoms with E-state index in [0.29, 0.717) is 28.8 Å². The number of para-hydroxylation sites is 1. The Morgan fingerprint density at radius 1 is 1.29 bits per heavy atom. The molecule has 1 atom stereocenters. The predicted octanol–water partition coefficient (Wildman–Crippen LogP) is 2.72. The maximum Gasteiger partial charge on any atom is 0.419 e. The highest BCUT2D eigenvalue weighted by Gasteiger charge is 2.26. The van der Waals surface area contributed by atoms with Gasteiger partial charge in [0.2, 0.25) is 0 Å². The largest absolute Gasteiger partial charge is 0.477 e. The van der Waals surface area contributed by atoms with Crippen LogP contribution in [0.4, 0.5) is 4.39 Å². The van der Waals surface area contributed by atoms with E-state index in [9.17, 15) is 27.5 Å². The molecule has 5 rings (SSSR count). The third-order valence-corrected chi connectivity index (χ3v) is 7.62. The molecule has 2 aromatic carbocycles. The first-order chi connectivity index (χ1) is 17.9. The summed E-state index contributed by atoms with van der Waals surface area (Å²) in [6.07, 6.45) is 2.66. The van der Waals surface area contributed by atoms with Crippen molar-refractivity contribution in [2.45, 2.75) is 31.3 Å². The molecule has 1 saturated heterocycles. The van der Waals surface area contributed by atoms with Gasteiger partial charge in [-0.1, -0.05) is 30.3 Å². The standard InChI is InChI=1S/C26H27FN4O6S/c1-14(31-12-18(37-26(31)34)11-30-9-17(28)10-30)19-4-3-5-20-22(24(25(32)33)29-23(19)20)15-6-7-16(21(27)8-15)13-38(2,35)36/h3-8,12,14,17,29H,9-11,13,28H2,1-2H3,(H,32,33)/t14-/m0/s1. The van der Waals surface area contributed by atoms with Gasteiger partial charge in [-0.2, -0.15) is 0 Å². The van der Waals surface area contributed by atoms with Crippen LogP contribution in [0.1, 0.15) is 40.3 Å². The number of nitrogens with two attached hydrogens (primary N) is 1. The number of benzene rings is 2. The molecule has 0 saturated carbocycles. The van der Waals surface area contributed by atoms with Crippen molar-refractivity contribution < 1.29 is 27.1 Å². The Labute approximate surface area is 217 Å². The Morgan fingerprint density at radius 3 is 2.66 bits per heavy atom. The van der Waals surface area contributed by atoms with Crippen LogP contribution in [0, 0.1) is 5.82 Å². The van der Waals surface area contributed by atoms with Gasteiger partial charge in [0.25, 0.3) is 0 Å². The molecule has 0 spiro atoms. The number of carboxylic acids is 1. The van der Waals surface area contributed by atoms with Crippen molar-refractivity contribution in [1.29, 1.82) is 0 Å². The van der Waals surface area contributed by atoms with Gasteiger partial charge in [-0.05, 0) is 24.1 Å². The number of nitrogens with one attached hydrogen (secondary N) is 1. The second-order valence-corrected chi connectivity index (χ2v) is 12.0. The highest BCUT2D eigenvalue weighted by atomic mass is 32.2. The summed E-state index contributed by atoms with van der Waals surface area (Å²) < 4.78 is 45.0. The first kappa shape index (κ1) is 25.9. The van der Waals surface area contributed by atoms with Gasteiger partial charge in [0, 0.05) is 41.9 Å². The molecule has 12 heteroatoms. The molecule has 4 N–H and O–H groups in total. The first-order valence-corrected chi connectivity index (χ1v) is 14.0. The predicted molar refractivity (Wildman–Crippen MR) is 139 cm³/mol. The second kappa shape index (κ2) is 9.53. The van der Waals surface area contributed by atoms with Crippen LogP contribution < -0.4 is 11.5 Å². The molecule has 1 aliphatic heterocycles. The van der Waals surface area contributed by atoms with E-state index in [0.717, 1.165) is 25.4 Å². The number of halogens is 1. The summed E-state index contributed by atoms with van der Waals surface area (Å²) in [6.45, 7) is 3.71. The zero-order valence-electron chi connectivity index (χ0n) is 20.8. The second-order valence-electron chi connectivity index (χ2n) is 9.83. The maximum absolute atomic E-state index is 14.8. The Bertz CT molecular complexity index is 1720. The number of likely N-dealkylation sites (tertiary alicyclic amines) is 1. The minimum atomic E-state index is -3.46. The molecule has 0 aliphatic carbocycles. The molecule has 2 aromatic heterocycles. The van der Waals surface area contributed by atoms with Crippen molar-refractivity contribution in [3.05, 3.63) is 81.5 Å². The van der Waals surface area contributed by atoms with Crippen LogP contribution in [-0.4, -0.2) is 59.3 Å². The summed E-state index contributed by atoms with van der Waals surface area (Å²) in [7, 11) is -3.46. The number of hydrogen-bond acceptors (Lipinski definition) is 7. The van der Waals surface area contributed by atoms with Crippen molar-refractivity contribution >= 4 is 26.7 Å². The third-order valence-electron chi connectivity index (χ3n) is 6.78. The van der Waals surface area contributed by atoms with Gasteiger partial charge in [-0.15, -0.1) is 0 Å². The van der Waals surface area contributed by atoms with Crippen LogP contribution in [0.5, 0.6) is 0 Å². The molecule has 4 aromatic rings. The summed E-state index contributed by atoms with van der Waals surface area (Å²) in [4.78, 5) is 29.9. The molecule has 10 nitrogen and oxygen atoms in total. The van der Waals surface area contributed by atoms with E-state index in [-0.39, 0.29) is 28.4 Å². The van der Waals surface area contributed by atoms with Crippen molar-refractivity contribution in [2.24, 2.45) is 5.73 Å². The molecule has 200 valence electrons. The number of rotatable bonds is 8. The molecule has 1 aliphatic rings. The van der Waals surface area contributed by atoms with Crippen LogP contribution >= 0.6 is 0 Å². The van der Waals surface area contributed by atoms with E-state index in [2.05, 4.69) is 9.88 Å². The molecule has 0 radical (unpaired) electrons. The molecule has 0 bridgehead atoms. The van der Waals surface area contributed by atoms with E-state index in [1.54, 1.807) is 31.3 Å². The van der Waals surface area contributed by atoms with Crippen molar-refractivity contribution in [3.8, 4) is 11.1 Å². The number of sulfone groups is 1.